The number of carbonyl (C=O) groups excluding carboxylic acids is 2. The van der Waals surface area contributed by atoms with Gasteiger partial charge < -0.3 is 19.7 Å². The number of carbonyl (C=O) groups is 2. The number of hydrogen-bond donors (Lipinski definition) is 1. The van der Waals surface area contributed by atoms with E-state index in [4.69, 9.17) is 9.47 Å². The molecule has 3 aromatic carbocycles. The number of ether oxygens (including phenoxy) is 2. The minimum atomic E-state index is -4.17. The predicted molar refractivity (Wildman–Crippen MR) is 146 cm³/mol. The lowest BCUT2D eigenvalue weighted by atomic mass is 10.1. The number of anilines is 1. The molecule has 0 spiro atoms. The van der Waals surface area contributed by atoms with Gasteiger partial charge in [0.05, 0.1) is 24.8 Å². The highest BCUT2D eigenvalue weighted by molar-refractivity contribution is 7.92. The van der Waals surface area contributed by atoms with E-state index in [0.29, 0.717) is 11.5 Å². The molecule has 202 valence electrons. The fourth-order valence-corrected chi connectivity index (χ4v) is 5.45. The smallest absolute Gasteiger partial charge is 0.264 e. The zero-order valence-corrected chi connectivity index (χ0v) is 23.0. The Kier molecular flexibility index (Phi) is 9.35. The van der Waals surface area contributed by atoms with Crippen LogP contribution in [0.4, 0.5) is 5.69 Å². The molecule has 9 nitrogen and oxygen atoms in total. The second-order valence-corrected chi connectivity index (χ2v) is 10.5. The molecule has 10 heteroatoms. The van der Waals surface area contributed by atoms with Gasteiger partial charge in [0.25, 0.3) is 10.0 Å². The Hall–Kier alpha value is -4.05. The quantitative estimate of drug-likeness (QED) is 0.401. The second kappa shape index (κ2) is 12.5. The molecule has 0 aliphatic carbocycles. The molecule has 38 heavy (non-hydrogen) atoms. The van der Waals surface area contributed by atoms with Gasteiger partial charge in [0.1, 0.15) is 12.6 Å². The Labute approximate surface area is 224 Å². The summed E-state index contributed by atoms with van der Waals surface area (Å²) in [5.41, 5.74) is 2.03. The fraction of sp³-hybridized carbons (Fsp3) is 0.286. The second-order valence-electron chi connectivity index (χ2n) is 8.66. The first-order valence-corrected chi connectivity index (χ1v) is 13.4. The monoisotopic (exact) mass is 539 g/mol. The molecular weight excluding hydrogens is 506 g/mol. The first-order valence-electron chi connectivity index (χ1n) is 12.0. The lowest BCUT2D eigenvalue weighted by Crippen LogP contribution is -2.50. The maximum absolute atomic E-state index is 13.8. The highest BCUT2D eigenvalue weighted by Crippen LogP contribution is 2.34. The van der Waals surface area contributed by atoms with Crippen molar-refractivity contribution in [3.63, 3.8) is 0 Å². The van der Waals surface area contributed by atoms with Crippen LogP contribution in [0, 0.1) is 6.92 Å². The summed E-state index contributed by atoms with van der Waals surface area (Å²) in [6, 6.07) is 19.2. The van der Waals surface area contributed by atoms with Gasteiger partial charge in [0, 0.05) is 19.7 Å². The van der Waals surface area contributed by atoms with Gasteiger partial charge in [-0.15, -0.1) is 0 Å². The van der Waals surface area contributed by atoms with Crippen LogP contribution in [0.3, 0.4) is 0 Å². The van der Waals surface area contributed by atoms with E-state index in [0.717, 1.165) is 15.4 Å². The van der Waals surface area contributed by atoms with E-state index in [1.54, 1.807) is 37.3 Å². The molecule has 0 aliphatic heterocycles. The van der Waals surface area contributed by atoms with Crippen molar-refractivity contribution in [2.75, 3.05) is 32.1 Å². The molecule has 1 N–H and O–H groups in total. The van der Waals surface area contributed by atoms with Gasteiger partial charge in [0.15, 0.2) is 11.5 Å². The summed E-state index contributed by atoms with van der Waals surface area (Å²) in [7, 11) is 0.238. The van der Waals surface area contributed by atoms with E-state index in [9.17, 15) is 18.0 Å². The van der Waals surface area contributed by atoms with E-state index in [1.807, 2.05) is 31.2 Å². The summed E-state index contributed by atoms with van der Waals surface area (Å²) in [5, 5.41) is 2.57. The zero-order valence-electron chi connectivity index (χ0n) is 22.2. The van der Waals surface area contributed by atoms with E-state index >= 15 is 0 Å². The van der Waals surface area contributed by atoms with Crippen LogP contribution in [0.5, 0.6) is 11.5 Å². The number of methoxy groups -OCH3 is 2. The third-order valence-corrected chi connectivity index (χ3v) is 7.90. The van der Waals surface area contributed by atoms with Crippen LogP contribution in [-0.2, 0) is 26.2 Å². The lowest BCUT2D eigenvalue weighted by molar-refractivity contribution is -0.139. The fourth-order valence-electron chi connectivity index (χ4n) is 4.03. The van der Waals surface area contributed by atoms with Crippen molar-refractivity contribution < 1.29 is 27.5 Å². The molecule has 0 saturated heterocycles. The van der Waals surface area contributed by atoms with Crippen molar-refractivity contribution in [1.29, 1.82) is 0 Å². The van der Waals surface area contributed by atoms with Crippen molar-refractivity contribution in [1.82, 2.24) is 10.2 Å². The molecule has 0 aromatic heterocycles. The molecule has 1 unspecified atom stereocenters. The molecular formula is C28H33N3O6S. The van der Waals surface area contributed by atoms with Crippen LogP contribution in [-0.4, -0.2) is 59.0 Å². The minimum Gasteiger partial charge on any atom is -0.493 e. The van der Waals surface area contributed by atoms with Crippen LogP contribution < -0.4 is 19.1 Å². The van der Waals surface area contributed by atoms with Crippen LogP contribution in [0.1, 0.15) is 18.1 Å². The first kappa shape index (κ1) is 28.5. The summed E-state index contributed by atoms with van der Waals surface area (Å²) in [6.45, 7) is 3.13. The first-order chi connectivity index (χ1) is 18.1. The van der Waals surface area contributed by atoms with Crippen molar-refractivity contribution in [2.45, 2.75) is 31.3 Å². The van der Waals surface area contributed by atoms with Gasteiger partial charge in [-0.05, 0) is 43.7 Å². The van der Waals surface area contributed by atoms with Gasteiger partial charge in [-0.1, -0.05) is 48.0 Å². The van der Waals surface area contributed by atoms with Crippen molar-refractivity contribution in [2.24, 2.45) is 0 Å². The molecule has 2 amide bonds. The number of aryl methyl sites for hydroxylation is 1. The van der Waals surface area contributed by atoms with E-state index < -0.39 is 28.5 Å². The number of sulfonamides is 1. The molecule has 0 bridgehead atoms. The topological polar surface area (TPSA) is 105 Å². The summed E-state index contributed by atoms with van der Waals surface area (Å²) >= 11 is 0. The molecule has 0 heterocycles. The Bertz CT molecular complexity index is 1380. The standard InChI is InChI=1S/C28H33N3O6S/c1-20-10-9-11-22(16-20)18-30(21(2)28(33)29-3)27(32)19-31(38(34,35)24-12-7-6-8-13-24)23-14-15-25(36-4)26(17-23)37-5/h6-17,21H,18-19H2,1-5H3,(H,29,33). The number of benzene rings is 3. The molecule has 0 saturated carbocycles. The summed E-state index contributed by atoms with van der Waals surface area (Å²) in [4.78, 5) is 27.8. The van der Waals surface area contributed by atoms with E-state index in [1.165, 1.54) is 44.4 Å². The number of amides is 2. The Morgan fingerprint density at radius 3 is 2.21 bits per heavy atom. The molecule has 3 aromatic rings. The van der Waals surface area contributed by atoms with Gasteiger partial charge in [-0.3, -0.25) is 13.9 Å². The van der Waals surface area contributed by atoms with Gasteiger partial charge in [0.2, 0.25) is 11.8 Å². The van der Waals surface area contributed by atoms with Gasteiger partial charge >= 0.3 is 0 Å². The van der Waals surface area contributed by atoms with Gasteiger partial charge in [-0.2, -0.15) is 0 Å². The average molecular weight is 540 g/mol. The molecule has 0 aliphatic rings. The number of nitrogens with one attached hydrogen (secondary N) is 1. The number of nitrogens with zero attached hydrogens (tertiary/aromatic N) is 2. The summed E-state index contributed by atoms with van der Waals surface area (Å²) < 4.78 is 39.3. The zero-order chi connectivity index (χ0) is 27.9. The number of rotatable bonds is 11. The molecule has 3 rings (SSSR count). The highest BCUT2D eigenvalue weighted by atomic mass is 32.2. The molecule has 0 fully saturated rings. The Morgan fingerprint density at radius 1 is 0.921 bits per heavy atom. The van der Waals surface area contributed by atoms with Crippen LogP contribution >= 0.6 is 0 Å². The van der Waals surface area contributed by atoms with Crippen LogP contribution in [0.25, 0.3) is 0 Å². The largest absolute Gasteiger partial charge is 0.493 e. The van der Waals surface area contributed by atoms with Crippen molar-refractivity contribution in [3.8, 4) is 11.5 Å². The van der Waals surface area contributed by atoms with Crippen molar-refractivity contribution in [3.05, 3.63) is 83.9 Å². The van der Waals surface area contributed by atoms with Crippen molar-refractivity contribution >= 4 is 27.5 Å². The van der Waals surface area contributed by atoms with Crippen LogP contribution in [0.15, 0.2) is 77.7 Å². The normalized spacial score (nSPS) is 11.8. The molecule has 1 atom stereocenters. The minimum absolute atomic E-state index is 0.0205. The third kappa shape index (κ3) is 6.44. The lowest BCUT2D eigenvalue weighted by Gasteiger charge is -2.32. The highest BCUT2D eigenvalue weighted by Gasteiger charge is 2.32. The Morgan fingerprint density at radius 2 is 1.61 bits per heavy atom. The van der Waals surface area contributed by atoms with Crippen LogP contribution in [0.2, 0.25) is 0 Å². The van der Waals surface area contributed by atoms with Gasteiger partial charge in [-0.25, -0.2) is 8.42 Å². The predicted octanol–water partition coefficient (Wildman–Crippen LogP) is 3.37. The summed E-state index contributed by atoms with van der Waals surface area (Å²) in [5.74, 6) is -0.193. The molecule has 0 radical (unpaired) electrons. The SMILES string of the molecule is CNC(=O)C(C)N(Cc1cccc(C)c1)C(=O)CN(c1ccc(OC)c(OC)c1)S(=O)(=O)c1ccccc1. The van der Waals surface area contributed by atoms with E-state index in [-0.39, 0.29) is 23.0 Å². The third-order valence-electron chi connectivity index (χ3n) is 6.11. The van der Waals surface area contributed by atoms with E-state index in [2.05, 4.69) is 5.32 Å². The number of likely N-dealkylation sites (N-methyl/N-ethyl adjacent to an activating group) is 1. The average Bonchev–Trinajstić information content (AvgIpc) is 2.93. The summed E-state index contributed by atoms with van der Waals surface area (Å²) in [6.07, 6.45) is 0. The Balaban J connectivity index is 2.08. The maximum Gasteiger partial charge on any atom is 0.264 e. The number of hydrogen-bond acceptors (Lipinski definition) is 6. The maximum atomic E-state index is 13.8.